The average molecular weight is 364 g/mol. The molecule has 5 nitrogen and oxygen atoms in total. The first-order valence-corrected chi connectivity index (χ1v) is 8.48. The highest BCUT2D eigenvalue weighted by Crippen LogP contribution is 2.43. The molecule has 0 bridgehead atoms. The molecule has 1 aromatic heterocycles. The Balaban J connectivity index is 2.08. The average Bonchev–Trinajstić information content (AvgIpc) is 2.61. The molecule has 0 saturated carbocycles. The van der Waals surface area contributed by atoms with E-state index in [1.54, 1.807) is 12.1 Å². The molecule has 2 heterocycles. The topological polar surface area (TPSA) is 91.5 Å². The first-order chi connectivity index (χ1) is 12.5. The SMILES string of the molecule is Cc1ccc([C@H]2C(C(N)=S)=C(N)Oc3c2c(=O)oc2ccccc32)cc1. The normalized spacial score (nSPS) is 16.3. The zero-order chi connectivity index (χ0) is 18.4. The molecule has 4 rings (SSSR count). The van der Waals surface area contributed by atoms with E-state index in [2.05, 4.69) is 0 Å². The Labute approximate surface area is 154 Å². The second kappa shape index (κ2) is 6.00. The highest BCUT2D eigenvalue weighted by molar-refractivity contribution is 7.80. The Morgan fingerprint density at radius 1 is 1.12 bits per heavy atom. The third-order valence-electron chi connectivity index (χ3n) is 4.53. The van der Waals surface area contributed by atoms with Crippen LogP contribution in [-0.2, 0) is 0 Å². The predicted molar refractivity (Wildman–Crippen MR) is 104 cm³/mol. The number of benzene rings is 2. The molecule has 1 aliphatic rings. The molecule has 0 aliphatic carbocycles. The molecule has 3 aromatic rings. The Kier molecular flexibility index (Phi) is 3.77. The van der Waals surface area contributed by atoms with Crippen molar-refractivity contribution < 1.29 is 9.15 Å². The standard InChI is InChI=1S/C20H16N2O3S/c1-10-6-8-11(9-7-10)14-15-17(25-18(21)16(14)19(22)26)12-4-2-3-5-13(12)24-20(15)23/h2-9,14H,21H2,1H3,(H2,22,26)/t14-/m1/s1. The fraction of sp³-hybridized carbons (Fsp3) is 0.100. The molecule has 4 N–H and O–H groups in total. The summed E-state index contributed by atoms with van der Waals surface area (Å²) in [4.78, 5) is 12.9. The van der Waals surface area contributed by atoms with Gasteiger partial charge >= 0.3 is 5.63 Å². The first kappa shape index (κ1) is 16.4. The van der Waals surface area contributed by atoms with Crippen LogP contribution in [0.15, 0.2) is 69.2 Å². The highest BCUT2D eigenvalue weighted by atomic mass is 32.1. The van der Waals surface area contributed by atoms with Gasteiger partial charge in [-0.05, 0) is 24.6 Å². The van der Waals surface area contributed by atoms with Crippen molar-refractivity contribution in [3.8, 4) is 5.75 Å². The van der Waals surface area contributed by atoms with Crippen LogP contribution < -0.4 is 21.8 Å². The van der Waals surface area contributed by atoms with Gasteiger partial charge in [-0.25, -0.2) is 4.79 Å². The van der Waals surface area contributed by atoms with E-state index in [1.807, 2.05) is 43.3 Å². The number of hydrogen-bond donors (Lipinski definition) is 2. The highest BCUT2D eigenvalue weighted by Gasteiger charge is 2.36. The summed E-state index contributed by atoms with van der Waals surface area (Å²) in [6.45, 7) is 1.99. The van der Waals surface area contributed by atoms with Gasteiger partial charge in [-0.3, -0.25) is 0 Å². The van der Waals surface area contributed by atoms with Crippen LogP contribution in [0.25, 0.3) is 11.0 Å². The van der Waals surface area contributed by atoms with Crippen molar-refractivity contribution in [2.75, 3.05) is 0 Å². The summed E-state index contributed by atoms with van der Waals surface area (Å²) in [5.41, 5.74) is 14.7. The Morgan fingerprint density at radius 3 is 2.50 bits per heavy atom. The zero-order valence-electron chi connectivity index (χ0n) is 14.0. The van der Waals surface area contributed by atoms with Crippen LogP contribution in [0.1, 0.15) is 22.6 Å². The predicted octanol–water partition coefficient (Wildman–Crippen LogP) is 3.08. The Bertz CT molecular complexity index is 1130. The number of aryl methyl sites for hydroxylation is 1. The number of fused-ring (bicyclic) bond motifs is 3. The summed E-state index contributed by atoms with van der Waals surface area (Å²) >= 11 is 5.19. The molecule has 6 heteroatoms. The number of rotatable bonds is 2. The molecule has 0 radical (unpaired) electrons. The lowest BCUT2D eigenvalue weighted by atomic mass is 9.83. The maximum Gasteiger partial charge on any atom is 0.344 e. The van der Waals surface area contributed by atoms with Crippen molar-refractivity contribution in [1.82, 2.24) is 0 Å². The van der Waals surface area contributed by atoms with Gasteiger partial charge in [0.1, 0.15) is 10.6 Å². The minimum atomic E-state index is -0.544. The summed E-state index contributed by atoms with van der Waals surface area (Å²) in [5, 5.41) is 0.671. The molecule has 26 heavy (non-hydrogen) atoms. The van der Waals surface area contributed by atoms with Gasteiger partial charge < -0.3 is 20.6 Å². The van der Waals surface area contributed by atoms with E-state index >= 15 is 0 Å². The Morgan fingerprint density at radius 2 is 1.81 bits per heavy atom. The quantitative estimate of drug-likeness (QED) is 0.536. The van der Waals surface area contributed by atoms with Crippen LogP contribution >= 0.6 is 12.2 Å². The summed E-state index contributed by atoms with van der Waals surface area (Å²) in [6, 6.07) is 14.9. The number of ether oxygens (including phenoxy) is 1. The summed E-state index contributed by atoms with van der Waals surface area (Å²) in [6.07, 6.45) is 0. The van der Waals surface area contributed by atoms with E-state index in [1.165, 1.54) is 0 Å². The molecule has 130 valence electrons. The van der Waals surface area contributed by atoms with Crippen LogP contribution in [0.3, 0.4) is 0 Å². The van der Waals surface area contributed by atoms with E-state index in [0.29, 0.717) is 27.9 Å². The molecule has 0 saturated heterocycles. The van der Waals surface area contributed by atoms with Gasteiger partial charge in [0.25, 0.3) is 0 Å². The van der Waals surface area contributed by atoms with Crippen LogP contribution in [0, 0.1) is 6.92 Å². The van der Waals surface area contributed by atoms with E-state index in [-0.39, 0.29) is 10.9 Å². The molecule has 0 unspecified atom stereocenters. The lowest BCUT2D eigenvalue weighted by molar-refractivity contribution is 0.389. The smallest absolute Gasteiger partial charge is 0.344 e. The second-order valence-electron chi connectivity index (χ2n) is 6.22. The van der Waals surface area contributed by atoms with E-state index < -0.39 is 11.5 Å². The summed E-state index contributed by atoms with van der Waals surface area (Å²) in [5.74, 6) is -0.0519. The van der Waals surface area contributed by atoms with Crippen molar-refractivity contribution >= 4 is 28.2 Å². The number of hydrogen-bond acceptors (Lipinski definition) is 5. The van der Waals surface area contributed by atoms with Gasteiger partial charge in [-0.15, -0.1) is 0 Å². The molecule has 0 fully saturated rings. The fourth-order valence-corrected chi connectivity index (χ4v) is 3.52. The number of nitrogens with two attached hydrogens (primary N) is 2. The van der Waals surface area contributed by atoms with Gasteiger partial charge in [0.2, 0.25) is 0 Å². The molecule has 1 atom stereocenters. The van der Waals surface area contributed by atoms with E-state index in [4.69, 9.17) is 32.8 Å². The fourth-order valence-electron chi connectivity index (χ4n) is 3.30. The van der Waals surface area contributed by atoms with Gasteiger partial charge in [-0.1, -0.05) is 54.2 Å². The van der Waals surface area contributed by atoms with Gasteiger partial charge in [0, 0.05) is 0 Å². The monoisotopic (exact) mass is 364 g/mol. The van der Waals surface area contributed by atoms with Crippen molar-refractivity contribution in [3.05, 3.63) is 87.1 Å². The minimum absolute atomic E-state index is 0.0892. The third-order valence-corrected chi connectivity index (χ3v) is 4.75. The second-order valence-corrected chi connectivity index (χ2v) is 6.66. The van der Waals surface area contributed by atoms with Crippen molar-refractivity contribution in [2.45, 2.75) is 12.8 Å². The van der Waals surface area contributed by atoms with Crippen molar-refractivity contribution in [2.24, 2.45) is 11.5 Å². The number of thiocarbonyl (C=S) groups is 1. The molecule has 0 spiro atoms. The molecular formula is C20H16N2O3S. The maximum atomic E-state index is 12.8. The molecule has 2 aromatic carbocycles. The van der Waals surface area contributed by atoms with Gasteiger partial charge in [0.05, 0.1) is 22.4 Å². The van der Waals surface area contributed by atoms with Crippen LogP contribution in [0.4, 0.5) is 0 Å². The molecular weight excluding hydrogens is 348 g/mol. The molecule has 1 aliphatic heterocycles. The first-order valence-electron chi connectivity index (χ1n) is 8.07. The van der Waals surface area contributed by atoms with Gasteiger partial charge in [-0.2, -0.15) is 0 Å². The summed E-state index contributed by atoms with van der Waals surface area (Å²) < 4.78 is 11.3. The Hall–Kier alpha value is -3.12. The van der Waals surface area contributed by atoms with Crippen molar-refractivity contribution in [1.29, 1.82) is 0 Å². The van der Waals surface area contributed by atoms with Crippen molar-refractivity contribution in [3.63, 3.8) is 0 Å². The largest absolute Gasteiger partial charge is 0.440 e. The number of para-hydroxylation sites is 1. The zero-order valence-corrected chi connectivity index (χ0v) is 14.8. The molecule has 0 amide bonds. The lowest BCUT2D eigenvalue weighted by Crippen LogP contribution is -2.32. The lowest BCUT2D eigenvalue weighted by Gasteiger charge is -2.28. The maximum absolute atomic E-state index is 12.8. The van der Waals surface area contributed by atoms with Crippen LogP contribution in [-0.4, -0.2) is 4.99 Å². The third kappa shape index (κ3) is 2.46. The van der Waals surface area contributed by atoms with E-state index in [9.17, 15) is 4.79 Å². The van der Waals surface area contributed by atoms with Gasteiger partial charge in [0.15, 0.2) is 11.6 Å². The van der Waals surface area contributed by atoms with E-state index in [0.717, 1.165) is 11.1 Å². The summed E-state index contributed by atoms with van der Waals surface area (Å²) in [7, 11) is 0. The van der Waals surface area contributed by atoms with Crippen LogP contribution in [0.2, 0.25) is 0 Å². The van der Waals surface area contributed by atoms with Crippen LogP contribution in [0.5, 0.6) is 5.75 Å². The minimum Gasteiger partial charge on any atom is -0.440 e.